The number of fused-ring (bicyclic) bond motifs is 1. The van der Waals surface area contributed by atoms with Gasteiger partial charge in [-0.1, -0.05) is 36.4 Å². The van der Waals surface area contributed by atoms with E-state index >= 15 is 0 Å². The summed E-state index contributed by atoms with van der Waals surface area (Å²) in [5.74, 6) is 0.148. The molecule has 2 heteroatoms. The summed E-state index contributed by atoms with van der Waals surface area (Å²) in [6.07, 6.45) is 0. The van der Waals surface area contributed by atoms with Gasteiger partial charge in [0.1, 0.15) is 0 Å². The second-order valence-electron chi connectivity index (χ2n) is 5.55. The van der Waals surface area contributed by atoms with Gasteiger partial charge in [-0.05, 0) is 42.2 Å². The molecule has 0 saturated carbocycles. The van der Waals surface area contributed by atoms with Crippen molar-refractivity contribution in [2.24, 2.45) is 0 Å². The summed E-state index contributed by atoms with van der Waals surface area (Å²) in [6.45, 7) is 5.70. The fourth-order valence-corrected chi connectivity index (χ4v) is 2.83. The van der Waals surface area contributed by atoms with Crippen LogP contribution in [0.5, 0.6) is 0 Å². The van der Waals surface area contributed by atoms with Crippen molar-refractivity contribution in [1.82, 2.24) is 5.32 Å². The number of aryl methyl sites for hydroxylation is 2. The van der Waals surface area contributed by atoms with Crippen molar-refractivity contribution in [3.8, 4) is 0 Å². The Balaban J connectivity index is 1.97. The minimum Gasteiger partial charge on any atom is -0.312 e. The number of ketones is 1. The van der Waals surface area contributed by atoms with Gasteiger partial charge in [-0.25, -0.2) is 0 Å². The van der Waals surface area contributed by atoms with E-state index in [1.165, 1.54) is 22.3 Å². The first-order valence-electron chi connectivity index (χ1n) is 7.07. The molecular formula is C18H19NO. The molecule has 1 aliphatic rings. The van der Waals surface area contributed by atoms with Gasteiger partial charge in [0.25, 0.3) is 0 Å². The van der Waals surface area contributed by atoms with Gasteiger partial charge in [0.15, 0.2) is 5.78 Å². The molecule has 2 aromatic carbocycles. The number of nitrogens with one attached hydrogen (secondary N) is 1. The third kappa shape index (κ3) is 2.27. The highest BCUT2D eigenvalue weighted by atomic mass is 16.1. The summed E-state index contributed by atoms with van der Waals surface area (Å²) >= 11 is 0. The molecule has 0 aliphatic carbocycles. The Labute approximate surface area is 119 Å². The molecule has 20 heavy (non-hydrogen) atoms. The second kappa shape index (κ2) is 5.22. The normalized spacial score (nSPS) is 17.6. The molecule has 2 aromatic rings. The molecule has 0 amide bonds. The molecule has 1 atom stereocenters. The van der Waals surface area contributed by atoms with E-state index in [4.69, 9.17) is 0 Å². The molecule has 1 N–H and O–H groups in total. The van der Waals surface area contributed by atoms with E-state index in [0.717, 1.165) is 18.7 Å². The lowest BCUT2D eigenvalue weighted by molar-refractivity contribution is 0.0955. The van der Waals surface area contributed by atoms with Gasteiger partial charge in [0, 0.05) is 18.7 Å². The van der Waals surface area contributed by atoms with Gasteiger partial charge in [-0.2, -0.15) is 0 Å². The SMILES string of the molecule is Cc1ccc(C(=O)C2CNCc3ccccc32)cc1C. The quantitative estimate of drug-likeness (QED) is 0.843. The summed E-state index contributed by atoms with van der Waals surface area (Å²) in [5, 5.41) is 3.35. The summed E-state index contributed by atoms with van der Waals surface area (Å²) < 4.78 is 0. The standard InChI is InChI=1S/C18H19NO/c1-12-7-8-14(9-13(12)2)18(20)17-11-19-10-15-5-3-4-6-16(15)17/h3-9,17,19H,10-11H2,1-2H3. The number of carbonyl (C=O) groups is 1. The molecule has 0 fully saturated rings. The zero-order chi connectivity index (χ0) is 14.1. The third-order valence-corrected chi connectivity index (χ3v) is 4.20. The molecule has 0 saturated heterocycles. The van der Waals surface area contributed by atoms with E-state index < -0.39 is 0 Å². The molecule has 0 radical (unpaired) electrons. The maximum atomic E-state index is 12.8. The van der Waals surface area contributed by atoms with Crippen molar-refractivity contribution in [3.63, 3.8) is 0 Å². The van der Waals surface area contributed by atoms with Crippen LogP contribution in [0.3, 0.4) is 0 Å². The van der Waals surface area contributed by atoms with Gasteiger partial charge in [-0.3, -0.25) is 4.79 Å². The van der Waals surface area contributed by atoms with Crippen molar-refractivity contribution in [3.05, 3.63) is 70.3 Å². The molecule has 1 unspecified atom stereocenters. The maximum absolute atomic E-state index is 12.8. The fourth-order valence-electron chi connectivity index (χ4n) is 2.83. The van der Waals surface area contributed by atoms with Crippen LogP contribution in [-0.2, 0) is 6.54 Å². The zero-order valence-corrected chi connectivity index (χ0v) is 11.9. The lowest BCUT2D eigenvalue weighted by atomic mass is 9.85. The van der Waals surface area contributed by atoms with Crippen LogP contribution in [0, 0.1) is 13.8 Å². The highest BCUT2D eigenvalue weighted by molar-refractivity contribution is 6.01. The van der Waals surface area contributed by atoms with Crippen LogP contribution >= 0.6 is 0 Å². The Kier molecular flexibility index (Phi) is 3.41. The number of Topliss-reactive ketones (excluding diaryl/α,β-unsaturated/α-hetero) is 1. The largest absolute Gasteiger partial charge is 0.312 e. The summed E-state index contributed by atoms with van der Waals surface area (Å²) in [4.78, 5) is 12.8. The monoisotopic (exact) mass is 265 g/mol. The van der Waals surface area contributed by atoms with Crippen molar-refractivity contribution in [1.29, 1.82) is 0 Å². The zero-order valence-electron chi connectivity index (χ0n) is 11.9. The fraction of sp³-hybridized carbons (Fsp3) is 0.278. The topological polar surface area (TPSA) is 29.1 Å². The average Bonchev–Trinajstić information content (AvgIpc) is 2.49. The lowest BCUT2D eigenvalue weighted by Crippen LogP contribution is -2.32. The van der Waals surface area contributed by atoms with E-state index in [-0.39, 0.29) is 11.7 Å². The second-order valence-corrected chi connectivity index (χ2v) is 5.55. The Bertz CT molecular complexity index is 660. The van der Waals surface area contributed by atoms with Crippen LogP contribution in [0.2, 0.25) is 0 Å². The molecule has 1 aliphatic heterocycles. The number of hydrogen-bond acceptors (Lipinski definition) is 2. The number of rotatable bonds is 2. The number of hydrogen-bond donors (Lipinski definition) is 1. The van der Waals surface area contributed by atoms with Crippen LogP contribution in [0.25, 0.3) is 0 Å². The molecule has 3 rings (SSSR count). The molecule has 1 heterocycles. The van der Waals surface area contributed by atoms with Gasteiger partial charge in [0.05, 0.1) is 5.92 Å². The van der Waals surface area contributed by atoms with E-state index in [0.29, 0.717) is 0 Å². The smallest absolute Gasteiger partial charge is 0.171 e. The molecule has 102 valence electrons. The van der Waals surface area contributed by atoms with Gasteiger partial charge >= 0.3 is 0 Å². The molecule has 0 spiro atoms. The van der Waals surface area contributed by atoms with E-state index in [2.05, 4.69) is 31.3 Å². The third-order valence-electron chi connectivity index (χ3n) is 4.20. The van der Waals surface area contributed by atoms with E-state index in [9.17, 15) is 4.79 Å². The molecule has 0 aromatic heterocycles. The van der Waals surface area contributed by atoms with Gasteiger partial charge < -0.3 is 5.32 Å². The highest BCUT2D eigenvalue weighted by Crippen LogP contribution is 2.27. The van der Waals surface area contributed by atoms with Crippen LogP contribution in [-0.4, -0.2) is 12.3 Å². The van der Waals surface area contributed by atoms with Crippen LogP contribution in [0.4, 0.5) is 0 Å². The average molecular weight is 265 g/mol. The predicted octanol–water partition coefficient (Wildman–Crippen LogP) is 3.37. The summed E-state index contributed by atoms with van der Waals surface area (Å²) in [5.41, 5.74) is 5.63. The van der Waals surface area contributed by atoms with E-state index in [1.54, 1.807) is 0 Å². The minimum absolute atomic E-state index is 0.0675. The van der Waals surface area contributed by atoms with E-state index in [1.807, 2.05) is 30.3 Å². The van der Waals surface area contributed by atoms with Crippen LogP contribution in [0.15, 0.2) is 42.5 Å². The van der Waals surface area contributed by atoms with Gasteiger partial charge in [0.2, 0.25) is 0 Å². The summed E-state index contributed by atoms with van der Waals surface area (Å²) in [6, 6.07) is 14.2. The van der Waals surface area contributed by atoms with Crippen molar-refractivity contribution in [2.45, 2.75) is 26.3 Å². The van der Waals surface area contributed by atoms with Crippen molar-refractivity contribution in [2.75, 3.05) is 6.54 Å². The van der Waals surface area contributed by atoms with Crippen LogP contribution < -0.4 is 5.32 Å². The Morgan fingerprint density at radius 1 is 1.10 bits per heavy atom. The number of benzene rings is 2. The number of carbonyl (C=O) groups excluding carboxylic acids is 1. The first kappa shape index (κ1) is 13.1. The predicted molar refractivity (Wildman–Crippen MR) is 81.1 cm³/mol. The van der Waals surface area contributed by atoms with Crippen LogP contribution in [0.1, 0.15) is 38.5 Å². The maximum Gasteiger partial charge on any atom is 0.171 e. The highest BCUT2D eigenvalue weighted by Gasteiger charge is 2.26. The molecule has 0 bridgehead atoms. The molecule has 2 nitrogen and oxygen atoms in total. The summed E-state index contributed by atoms with van der Waals surface area (Å²) in [7, 11) is 0. The minimum atomic E-state index is -0.0675. The van der Waals surface area contributed by atoms with Crippen molar-refractivity contribution >= 4 is 5.78 Å². The molecular weight excluding hydrogens is 246 g/mol. The lowest BCUT2D eigenvalue weighted by Gasteiger charge is -2.25. The Morgan fingerprint density at radius 2 is 1.90 bits per heavy atom. The first-order valence-corrected chi connectivity index (χ1v) is 7.07. The van der Waals surface area contributed by atoms with Crippen molar-refractivity contribution < 1.29 is 4.79 Å². The van der Waals surface area contributed by atoms with Gasteiger partial charge in [-0.15, -0.1) is 0 Å². The first-order chi connectivity index (χ1) is 9.66. The Hall–Kier alpha value is -1.93. The Morgan fingerprint density at radius 3 is 2.70 bits per heavy atom.